The minimum atomic E-state index is -0.624. The highest BCUT2D eigenvalue weighted by Crippen LogP contribution is 2.59. The maximum absolute atomic E-state index is 13.6. The van der Waals surface area contributed by atoms with Gasteiger partial charge in [0.1, 0.15) is 5.82 Å². The van der Waals surface area contributed by atoms with Gasteiger partial charge in [0.05, 0.1) is 5.41 Å². The van der Waals surface area contributed by atoms with E-state index >= 15 is 0 Å². The molecule has 2 atom stereocenters. The molecule has 0 aromatic heterocycles. The van der Waals surface area contributed by atoms with Crippen LogP contribution in [0.5, 0.6) is 0 Å². The van der Waals surface area contributed by atoms with Gasteiger partial charge < -0.3 is 5.32 Å². The van der Waals surface area contributed by atoms with E-state index < -0.39 is 5.41 Å². The van der Waals surface area contributed by atoms with Crippen molar-refractivity contribution in [2.75, 3.05) is 5.32 Å². The Labute approximate surface area is 88.6 Å². The molecular weight excluding hydrogens is 249 g/mol. The predicted molar refractivity (Wildman–Crippen MR) is 54.0 cm³/mol. The molecule has 1 aromatic carbocycles. The number of fused-ring (bicyclic) bond motifs is 2. The lowest BCUT2D eigenvalue weighted by atomic mass is 9.97. The molecule has 1 aromatic rings. The van der Waals surface area contributed by atoms with Crippen molar-refractivity contribution in [3.8, 4) is 0 Å². The van der Waals surface area contributed by atoms with Crippen LogP contribution in [-0.2, 0) is 10.2 Å². The number of amides is 1. The molecule has 2 unspecified atom stereocenters. The predicted octanol–water partition coefficient (Wildman–Crippen LogP) is 2.18. The van der Waals surface area contributed by atoms with Crippen molar-refractivity contribution in [2.24, 2.45) is 0 Å². The van der Waals surface area contributed by atoms with Gasteiger partial charge in [-0.05, 0) is 18.6 Å². The van der Waals surface area contributed by atoms with E-state index in [0.29, 0.717) is 17.7 Å². The highest BCUT2D eigenvalue weighted by molar-refractivity contribution is 9.09. The van der Waals surface area contributed by atoms with Crippen LogP contribution in [0.25, 0.3) is 0 Å². The number of benzene rings is 1. The summed E-state index contributed by atoms with van der Waals surface area (Å²) >= 11 is 3.38. The highest BCUT2D eigenvalue weighted by atomic mass is 79.9. The van der Waals surface area contributed by atoms with E-state index in [1.165, 1.54) is 6.07 Å². The van der Waals surface area contributed by atoms with E-state index in [1.54, 1.807) is 12.1 Å². The molecule has 1 heterocycles. The van der Waals surface area contributed by atoms with E-state index in [0.717, 1.165) is 0 Å². The SMILES string of the molecule is O=C1Nc2cccc(F)c2C12CC2Br. The van der Waals surface area contributed by atoms with Crippen LogP contribution in [0.2, 0.25) is 0 Å². The molecule has 0 radical (unpaired) electrons. The molecule has 3 rings (SSSR count). The topological polar surface area (TPSA) is 29.1 Å². The molecule has 1 N–H and O–H groups in total. The van der Waals surface area contributed by atoms with Gasteiger partial charge >= 0.3 is 0 Å². The lowest BCUT2D eigenvalue weighted by Gasteiger charge is -2.05. The monoisotopic (exact) mass is 255 g/mol. The van der Waals surface area contributed by atoms with Crippen molar-refractivity contribution < 1.29 is 9.18 Å². The Morgan fingerprint density at radius 3 is 2.93 bits per heavy atom. The number of carbonyl (C=O) groups is 1. The van der Waals surface area contributed by atoms with Crippen LogP contribution in [0, 0.1) is 5.82 Å². The molecule has 4 heteroatoms. The summed E-state index contributed by atoms with van der Waals surface area (Å²) in [6, 6.07) is 4.75. The van der Waals surface area contributed by atoms with Crippen molar-refractivity contribution in [2.45, 2.75) is 16.7 Å². The fourth-order valence-corrected chi connectivity index (χ4v) is 3.09. The normalized spacial score (nSPS) is 33.0. The molecule has 14 heavy (non-hydrogen) atoms. The van der Waals surface area contributed by atoms with Gasteiger partial charge in [-0.15, -0.1) is 0 Å². The third-order valence-corrected chi connectivity index (χ3v) is 4.09. The third kappa shape index (κ3) is 0.780. The second-order valence-corrected chi connectivity index (χ2v) is 4.86. The summed E-state index contributed by atoms with van der Waals surface area (Å²) in [5, 5.41) is 2.71. The van der Waals surface area contributed by atoms with E-state index in [4.69, 9.17) is 0 Å². The molecule has 2 aliphatic rings. The molecule has 0 bridgehead atoms. The maximum Gasteiger partial charge on any atom is 0.236 e. The van der Waals surface area contributed by atoms with E-state index in [2.05, 4.69) is 21.2 Å². The quantitative estimate of drug-likeness (QED) is 0.708. The maximum atomic E-state index is 13.6. The van der Waals surface area contributed by atoms with Gasteiger partial charge in [0.25, 0.3) is 0 Å². The van der Waals surface area contributed by atoms with Crippen molar-refractivity contribution in [3.63, 3.8) is 0 Å². The van der Waals surface area contributed by atoms with E-state index in [-0.39, 0.29) is 16.6 Å². The van der Waals surface area contributed by atoms with Crippen LogP contribution in [-0.4, -0.2) is 10.7 Å². The number of carbonyl (C=O) groups excluding carboxylic acids is 1. The number of rotatable bonds is 0. The van der Waals surface area contributed by atoms with Crippen LogP contribution in [0.1, 0.15) is 12.0 Å². The second kappa shape index (κ2) is 2.37. The first-order valence-electron chi connectivity index (χ1n) is 4.41. The van der Waals surface area contributed by atoms with Crippen molar-refractivity contribution in [1.82, 2.24) is 0 Å². The second-order valence-electron chi connectivity index (χ2n) is 3.76. The molecule has 72 valence electrons. The van der Waals surface area contributed by atoms with Crippen LogP contribution in [0.3, 0.4) is 0 Å². The number of alkyl halides is 1. The Kier molecular flexibility index (Phi) is 1.42. The van der Waals surface area contributed by atoms with Crippen LogP contribution in [0.4, 0.5) is 10.1 Å². The third-order valence-electron chi connectivity index (χ3n) is 2.99. The van der Waals surface area contributed by atoms with E-state index in [9.17, 15) is 9.18 Å². The Bertz CT molecular complexity index is 448. The van der Waals surface area contributed by atoms with Gasteiger partial charge in [-0.1, -0.05) is 22.0 Å². The molecule has 1 saturated carbocycles. The standard InChI is InChI=1S/C10H7BrFNO/c11-7-4-10(7)8-5(12)2-1-3-6(8)13-9(10)14/h1-3,7H,4H2,(H,13,14). The average Bonchev–Trinajstić information content (AvgIpc) is 2.69. The fraction of sp³-hybridized carbons (Fsp3) is 0.300. The molecule has 1 aliphatic heterocycles. The number of hydrogen-bond donors (Lipinski definition) is 1. The first kappa shape index (κ1) is 8.41. The zero-order valence-corrected chi connectivity index (χ0v) is 8.77. The lowest BCUT2D eigenvalue weighted by Crippen LogP contribution is -2.22. The number of hydrogen-bond acceptors (Lipinski definition) is 1. The summed E-state index contributed by atoms with van der Waals surface area (Å²) in [5.74, 6) is -0.373. The Morgan fingerprint density at radius 2 is 2.29 bits per heavy atom. The summed E-state index contributed by atoms with van der Waals surface area (Å²) in [6.07, 6.45) is 0.687. The van der Waals surface area contributed by atoms with Crippen molar-refractivity contribution in [3.05, 3.63) is 29.6 Å². The minimum absolute atomic E-state index is 0.0770. The first-order chi connectivity index (χ1) is 6.66. The largest absolute Gasteiger partial charge is 0.325 e. The Hall–Kier alpha value is -0.900. The summed E-state index contributed by atoms with van der Waals surface area (Å²) in [7, 11) is 0. The first-order valence-corrected chi connectivity index (χ1v) is 5.32. The minimum Gasteiger partial charge on any atom is -0.325 e. The summed E-state index contributed by atoms with van der Waals surface area (Å²) < 4.78 is 13.6. The van der Waals surface area contributed by atoms with Crippen molar-refractivity contribution in [1.29, 1.82) is 0 Å². The zero-order valence-electron chi connectivity index (χ0n) is 7.18. The summed E-state index contributed by atoms with van der Waals surface area (Å²) in [5.41, 5.74) is 0.532. The Morgan fingerprint density at radius 1 is 1.57 bits per heavy atom. The smallest absolute Gasteiger partial charge is 0.236 e. The van der Waals surface area contributed by atoms with Gasteiger partial charge in [-0.25, -0.2) is 4.39 Å². The summed E-state index contributed by atoms with van der Waals surface area (Å²) in [6.45, 7) is 0. The average molecular weight is 256 g/mol. The highest BCUT2D eigenvalue weighted by Gasteiger charge is 2.65. The molecule has 1 fully saturated rings. The molecule has 1 aliphatic carbocycles. The molecule has 1 amide bonds. The Balaban J connectivity index is 2.27. The van der Waals surface area contributed by atoms with Gasteiger partial charge in [0.15, 0.2) is 0 Å². The molecule has 2 nitrogen and oxygen atoms in total. The number of nitrogens with one attached hydrogen (secondary N) is 1. The van der Waals surface area contributed by atoms with E-state index in [1.807, 2.05) is 0 Å². The molecule has 1 spiro atoms. The molecular formula is C10H7BrFNO. The molecule has 0 saturated heterocycles. The fourth-order valence-electron chi connectivity index (χ4n) is 2.15. The van der Waals surface area contributed by atoms with Gasteiger partial charge in [0.2, 0.25) is 5.91 Å². The van der Waals surface area contributed by atoms with Crippen LogP contribution in [0.15, 0.2) is 18.2 Å². The van der Waals surface area contributed by atoms with Gasteiger partial charge in [0, 0.05) is 16.1 Å². The van der Waals surface area contributed by atoms with Crippen LogP contribution < -0.4 is 5.32 Å². The summed E-state index contributed by atoms with van der Waals surface area (Å²) in [4.78, 5) is 11.7. The number of anilines is 1. The van der Waals surface area contributed by atoms with Crippen molar-refractivity contribution >= 4 is 27.5 Å². The zero-order chi connectivity index (χ0) is 9.92. The van der Waals surface area contributed by atoms with Crippen LogP contribution >= 0.6 is 15.9 Å². The lowest BCUT2D eigenvalue weighted by molar-refractivity contribution is -0.117. The number of halogens is 2. The van der Waals surface area contributed by atoms with Gasteiger partial charge in [-0.2, -0.15) is 0 Å². The van der Waals surface area contributed by atoms with Gasteiger partial charge in [-0.3, -0.25) is 4.79 Å².